The maximum Gasteiger partial charge on any atom is 0.272 e. The summed E-state index contributed by atoms with van der Waals surface area (Å²) < 4.78 is 1.92. The summed E-state index contributed by atoms with van der Waals surface area (Å²) in [7, 11) is 0. The minimum atomic E-state index is -0.0993. The standard InChI is InChI=1S/C17H21N3O/c1-11(2)18-17(21)15-10-16(13-6-7-13)20(19-15)14-8-4-12(3)5-9-14/h4-5,8-11,13H,6-7H2,1-3H3,(H,18,21). The second-order valence-corrected chi connectivity index (χ2v) is 6.10. The van der Waals surface area contributed by atoms with Crippen molar-refractivity contribution in [3.63, 3.8) is 0 Å². The van der Waals surface area contributed by atoms with Crippen LogP contribution in [0.1, 0.15) is 54.4 Å². The Morgan fingerprint density at radius 3 is 2.52 bits per heavy atom. The van der Waals surface area contributed by atoms with Crippen molar-refractivity contribution < 1.29 is 4.79 Å². The number of benzene rings is 1. The molecule has 1 heterocycles. The Kier molecular flexibility index (Phi) is 3.53. The molecule has 3 rings (SSSR count). The molecule has 4 nitrogen and oxygen atoms in total. The number of amides is 1. The molecule has 1 aromatic carbocycles. The molecule has 21 heavy (non-hydrogen) atoms. The summed E-state index contributed by atoms with van der Waals surface area (Å²) >= 11 is 0. The molecule has 1 aromatic heterocycles. The number of carbonyl (C=O) groups is 1. The Bertz CT molecular complexity index is 651. The lowest BCUT2D eigenvalue weighted by Crippen LogP contribution is -2.30. The van der Waals surface area contributed by atoms with Gasteiger partial charge in [0.05, 0.1) is 5.69 Å². The van der Waals surface area contributed by atoms with E-state index in [-0.39, 0.29) is 11.9 Å². The van der Waals surface area contributed by atoms with Crippen LogP contribution in [0.25, 0.3) is 5.69 Å². The molecule has 1 aliphatic carbocycles. The Labute approximate surface area is 125 Å². The maximum atomic E-state index is 12.2. The van der Waals surface area contributed by atoms with Gasteiger partial charge in [-0.05, 0) is 51.8 Å². The highest BCUT2D eigenvalue weighted by molar-refractivity contribution is 5.92. The number of nitrogens with one attached hydrogen (secondary N) is 1. The molecule has 0 bridgehead atoms. The smallest absolute Gasteiger partial charge is 0.272 e. The van der Waals surface area contributed by atoms with Gasteiger partial charge in [-0.2, -0.15) is 5.10 Å². The highest BCUT2D eigenvalue weighted by Crippen LogP contribution is 2.41. The van der Waals surface area contributed by atoms with Gasteiger partial charge in [0.15, 0.2) is 5.69 Å². The number of nitrogens with zero attached hydrogens (tertiary/aromatic N) is 2. The van der Waals surface area contributed by atoms with E-state index in [1.54, 1.807) is 0 Å². The topological polar surface area (TPSA) is 46.9 Å². The Hall–Kier alpha value is -2.10. The van der Waals surface area contributed by atoms with Crippen molar-refractivity contribution in [3.8, 4) is 5.69 Å². The lowest BCUT2D eigenvalue weighted by Gasteiger charge is -2.07. The van der Waals surface area contributed by atoms with Gasteiger partial charge >= 0.3 is 0 Å². The Morgan fingerprint density at radius 1 is 1.29 bits per heavy atom. The van der Waals surface area contributed by atoms with E-state index in [1.807, 2.05) is 24.6 Å². The zero-order valence-corrected chi connectivity index (χ0v) is 12.8. The minimum absolute atomic E-state index is 0.0993. The summed E-state index contributed by atoms with van der Waals surface area (Å²) in [5.74, 6) is 0.442. The third kappa shape index (κ3) is 2.99. The van der Waals surface area contributed by atoms with Gasteiger partial charge < -0.3 is 5.32 Å². The first kappa shape index (κ1) is 13.9. The summed E-state index contributed by atoms with van der Waals surface area (Å²) in [6, 6.07) is 10.3. The Balaban J connectivity index is 1.97. The van der Waals surface area contributed by atoms with Crippen LogP contribution in [0, 0.1) is 6.92 Å². The fraction of sp³-hybridized carbons (Fsp3) is 0.412. The molecule has 0 spiro atoms. The first-order chi connectivity index (χ1) is 10.0. The number of hydrogen-bond acceptors (Lipinski definition) is 2. The summed E-state index contributed by atoms with van der Waals surface area (Å²) in [4.78, 5) is 12.2. The lowest BCUT2D eigenvalue weighted by atomic mass is 10.2. The molecule has 0 aliphatic heterocycles. The van der Waals surface area contributed by atoms with Gasteiger partial charge in [0.1, 0.15) is 0 Å². The molecule has 1 N–H and O–H groups in total. The van der Waals surface area contributed by atoms with E-state index in [0.717, 1.165) is 11.4 Å². The van der Waals surface area contributed by atoms with Crippen LogP contribution < -0.4 is 5.32 Å². The van der Waals surface area contributed by atoms with Crippen LogP contribution >= 0.6 is 0 Å². The molecule has 1 amide bonds. The molecule has 2 aromatic rings. The van der Waals surface area contributed by atoms with Crippen LogP contribution in [0.2, 0.25) is 0 Å². The molecule has 0 unspecified atom stereocenters. The number of aromatic nitrogens is 2. The maximum absolute atomic E-state index is 12.2. The van der Waals surface area contributed by atoms with Gasteiger partial charge in [0, 0.05) is 17.7 Å². The first-order valence-corrected chi connectivity index (χ1v) is 7.52. The Morgan fingerprint density at radius 2 is 1.95 bits per heavy atom. The average Bonchev–Trinajstić information content (AvgIpc) is 3.18. The fourth-order valence-corrected chi connectivity index (χ4v) is 2.41. The summed E-state index contributed by atoms with van der Waals surface area (Å²) in [5, 5.41) is 7.43. The molecule has 0 saturated heterocycles. The van der Waals surface area contributed by atoms with Crippen LogP contribution in [0.5, 0.6) is 0 Å². The molecule has 0 atom stereocenters. The van der Waals surface area contributed by atoms with Crippen molar-refractivity contribution in [3.05, 3.63) is 47.3 Å². The van der Waals surface area contributed by atoms with E-state index >= 15 is 0 Å². The van der Waals surface area contributed by atoms with Gasteiger partial charge in [-0.3, -0.25) is 4.79 Å². The number of carbonyl (C=O) groups excluding carboxylic acids is 1. The summed E-state index contributed by atoms with van der Waals surface area (Å²) in [6.07, 6.45) is 2.37. The molecule has 1 fully saturated rings. The van der Waals surface area contributed by atoms with Crippen molar-refractivity contribution in [2.24, 2.45) is 0 Å². The van der Waals surface area contributed by atoms with E-state index in [2.05, 4.69) is 41.6 Å². The molecule has 1 saturated carbocycles. The molecule has 0 radical (unpaired) electrons. The second kappa shape index (κ2) is 5.35. The number of aryl methyl sites for hydroxylation is 1. The predicted octanol–water partition coefficient (Wildman–Crippen LogP) is 3.20. The zero-order valence-electron chi connectivity index (χ0n) is 12.8. The fourth-order valence-electron chi connectivity index (χ4n) is 2.41. The molecule has 4 heteroatoms. The highest BCUT2D eigenvalue weighted by Gasteiger charge is 2.29. The van der Waals surface area contributed by atoms with Crippen LogP contribution in [-0.4, -0.2) is 21.7 Å². The van der Waals surface area contributed by atoms with E-state index in [4.69, 9.17) is 0 Å². The van der Waals surface area contributed by atoms with Gasteiger partial charge in [-0.25, -0.2) is 4.68 Å². The predicted molar refractivity (Wildman–Crippen MR) is 82.9 cm³/mol. The lowest BCUT2D eigenvalue weighted by molar-refractivity contribution is 0.0937. The highest BCUT2D eigenvalue weighted by atomic mass is 16.2. The SMILES string of the molecule is Cc1ccc(-n2nc(C(=O)NC(C)C)cc2C2CC2)cc1. The van der Waals surface area contributed by atoms with E-state index < -0.39 is 0 Å². The number of hydrogen-bond donors (Lipinski definition) is 1. The quantitative estimate of drug-likeness (QED) is 0.936. The largest absolute Gasteiger partial charge is 0.348 e. The zero-order chi connectivity index (χ0) is 15.0. The van der Waals surface area contributed by atoms with Gasteiger partial charge in [0.2, 0.25) is 0 Å². The monoisotopic (exact) mass is 283 g/mol. The summed E-state index contributed by atoms with van der Waals surface area (Å²) in [6.45, 7) is 5.98. The average molecular weight is 283 g/mol. The normalized spacial score (nSPS) is 14.5. The molecular weight excluding hydrogens is 262 g/mol. The molecule has 110 valence electrons. The second-order valence-electron chi connectivity index (χ2n) is 6.10. The third-order valence-electron chi connectivity index (χ3n) is 3.66. The van der Waals surface area contributed by atoms with Gasteiger partial charge in [-0.1, -0.05) is 17.7 Å². The van der Waals surface area contributed by atoms with Crippen molar-refractivity contribution in [2.75, 3.05) is 0 Å². The van der Waals surface area contributed by atoms with E-state index in [9.17, 15) is 4.79 Å². The van der Waals surface area contributed by atoms with Crippen LogP contribution in [0.3, 0.4) is 0 Å². The van der Waals surface area contributed by atoms with Gasteiger partial charge in [0.25, 0.3) is 5.91 Å². The number of rotatable bonds is 4. The minimum Gasteiger partial charge on any atom is -0.348 e. The van der Waals surface area contributed by atoms with Gasteiger partial charge in [-0.15, -0.1) is 0 Å². The molecular formula is C17H21N3O. The van der Waals surface area contributed by atoms with E-state index in [0.29, 0.717) is 11.6 Å². The van der Waals surface area contributed by atoms with Crippen molar-refractivity contribution in [2.45, 2.75) is 45.6 Å². The van der Waals surface area contributed by atoms with Crippen molar-refractivity contribution in [1.82, 2.24) is 15.1 Å². The molecule has 1 aliphatic rings. The third-order valence-corrected chi connectivity index (χ3v) is 3.66. The van der Waals surface area contributed by atoms with Crippen LogP contribution in [0.15, 0.2) is 30.3 Å². The first-order valence-electron chi connectivity index (χ1n) is 7.52. The van der Waals surface area contributed by atoms with Crippen molar-refractivity contribution >= 4 is 5.91 Å². The van der Waals surface area contributed by atoms with E-state index in [1.165, 1.54) is 18.4 Å². The van der Waals surface area contributed by atoms with Crippen LogP contribution in [-0.2, 0) is 0 Å². The van der Waals surface area contributed by atoms with Crippen LogP contribution in [0.4, 0.5) is 0 Å². The van der Waals surface area contributed by atoms with Crippen molar-refractivity contribution in [1.29, 1.82) is 0 Å². The summed E-state index contributed by atoms with van der Waals surface area (Å²) in [5.41, 5.74) is 3.89.